The van der Waals surface area contributed by atoms with Crippen molar-refractivity contribution in [2.24, 2.45) is 0 Å². The van der Waals surface area contributed by atoms with Gasteiger partial charge in [-0.15, -0.1) is 11.3 Å². The van der Waals surface area contributed by atoms with E-state index in [1.165, 1.54) is 35.2 Å². The van der Waals surface area contributed by atoms with Gasteiger partial charge in [0.1, 0.15) is 15.3 Å². The van der Waals surface area contributed by atoms with Crippen LogP contribution in [-0.4, -0.2) is 26.1 Å². The second kappa shape index (κ2) is 8.64. The van der Waals surface area contributed by atoms with Crippen molar-refractivity contribution in [2.45, 2.75) is 11.7 Å². The Labute approximate surface area is 190 Å². The molecular weight excluding hydrogens is 445 g/mol. The number of benzene rings is 2. The molecule has 0 aliphatic rings. The number of nitrogens with zero attached hydrogens (tertiary/aromatic N) is 3. The zero-order valence-corrected chi connectivity index (χ0v) is 18.3. The van der Waals surface area contributed by atoms with E-state index in [4.69, 9.17) is 4.98 Å². The van der Waals surface area contributed by atoms with Crippen molar-refractivity contribution in [2.75, 3.05) is 5.75 Å². The molecule has 5 aromatic rings. The molecule has 0 saturated heterocycles. The monoisotopic (exact) mass is 461 g/mol. The molecule has 5 nitrogen and oxygen atoms in total. The fourth-order valence-electron chi connectivity index (χ4n) is 3.40. The first-order valence-electron chi connectivity index (χ1n) is 9.84. The van der Waals surface area contributed by atoms with Crippen LogP contribution in [0.4, 0.5) is 4.39 Å². The lowest BCUT2D eigenvalue weighted by molar-refractivity contribution is 0.102. The van der Waals surface area contributed by atoms with Crippen LogP contribution < -0.4 is 5.56 Å². The summed E-state index contributed by atoms with van der Waals surface area (Å²) in [6.45, 7) is 0.228. The van der Waals surface area contributed by atoms with E-state index >= 15 is 0 Å². The summed E-state index contributed by atoms with van der Waals surface area (Å²) >= 11 is 2.53. The van der Waals surface area contributed by atoms with Crippen LogP contribution in [0.3, 0.4) is 0 Å². The molecule has 0 atom stereocenters. The minimum Gasteiger partial charge on any atom is -0.293 e. The normalized spacial score (nSPS) is 11.3. The first-order chi connectivity index (χ1) is 15.6. The van der Waals surface area contributed by atoms with Crippen molar-refractivity contribution in [1.29, 1.82) is 0 Å². The lowest BCUT2D eigenvalue weighted by Gasteiger charge is -2.12. The number of thiophene rings is 1. The smallest absolute Gasteiger partial charge is 0.272 e. The third-order valence-corrected chi connectivity index (χ3v) is 7.07. The van der Waals surface area contributed by atoms with Gasteiger partial charge in [0.2, 0.25) is 0 Å². The highest BCUT2D eigenvalue weighted by Gasteiger charge is 2.18. The van der Waals surface area contributed by atoms with Crippen molar-refractivity contribution in [3.05, 3.63) is 100 Å². The molecule has 0 fully saturated rings. The molecular formula is C24H16FN3O2S2. The highest BCUT2D eigenvalue weighted by Crippen LogP contribution is 2.30. The minimum absolute atomic E-state index is 0.0462. The van der Waals surface area contributed by atoms with E-state index in [0.717, 1.165) is 15.8 Å². The van der Waals surface area contributed by atoms with Crippen LogP contribution >= 0.6 is 23.1 Å². The van der Waals surface area contributed by atoms with Crippen LogP contribution in [-0.2, 0) is 6.54 Å². The molecule has 0 N–H and O–H groups in total. The van der Waals surface area contributed by atoms with Crippen molar-refractivity contribution >= 4 is 49.3 Å². The number of hydrogen-bond donors (Lipinski definition) is 0. The summed E-state index contributed by atoms with van der Waals surface area (Å²) in [5, 5.41) is 1.26. The topological polar surface area (TPSA) is 64.8 Å². The number of thioether (sulfide) groups is 1. The Bertz CT molecular complexity index is 1500. The largest absolute Gasteiger partial charge is 0.293 e. The Morgan fingerprint density at radius 1 is 1.03 bits per heavy atom. The quantitative estimate of drug-likeness (QED) is 0.198. The number of pyridine rings is 1. The van der Waals surface area contributed by atoms with E-state index in [-0.39, 0.29) is 29.5 Å². The Morgan fingerprint density at radius 2 is 1.81 bits per heavy atom. The fraction of sp³-hybridized carbons (Fsp3) is 0.0833. The molecule has 0 saturated carbocycles. The summed E-state index contributed by atoms with van der Waals surface area (Å²) in [6, 6.07) is 18.7. The van der Waals surface area contributed by atoms with Crippen LogP contribution in [0.2, 0.25) is 0 Å². The van der Waals surface area contributed by atoms with E-state index in [1.54, 1.807) is 35.0 Å². The molecule has 5 rings (SSSR count). The van der Waals surface area contributed by atoms with Gasteiger partial charge in [-0.25, -0.2) is 14.4 Å². The zero-order valence-electron chi connectivity index (χ0n) is 16.7. The van der Waals surface area contributed by atoms with Gasteiger partial charge in [0.25, 0.3) is 5.56 Å². The Balaban J connectivity index is 1.59. The van der Waals surface area contributed by atoms with E-state index in [1.807, 2.05) is 30.3 Å². The second-order valence-corrected chi connectivity index (χ2v) is 9.07. The lowest BCUT2D eigenvalue weighted by Crippen LogP contribution is -2.23. The van der Waals surface area contributed by atoms with Crippen LogP contribution in [0.5, 0.6) is 0 Å². The van der Waals surface area contributed by atoms with E-state index < -0.39 is 0 Å². The number of Topliss-reactive ketones (excluding diaryl/α,β-unsaturated/α-hetero) is 1. The van der Waals surface area contributed by atoms with Gasteiger partial charge in [-0.1, -0.05) is 54.2 Å². The summed E-state index contributed by atoms with van der Waals surface area (Å²) in [4.78, 5) is 36.0. The molecule has 3 heterocycles. The first-order valence-corrected chi connectivity index (χ1v) is 11.6. The first kappa shape index (κ1) is 20.5. The average molecular weight is 462 g/mol. The summed E-state index contributed by atoms with van der Waals surface area (Å²) in [7, 11) is 0. The molecule has 2 aromatic carbocycles. The van der Waals surface area contributed by atoms with Crippen LogP contribution in [0, 0.1) is 5.82 Å². The van der Waals surface area contributed by atoms with Gasteiger partial charge in [0.05, 0.1) is 17.8 Å². The predicted molar refractivity (Wildman–Crippen MR) is 126 cm³/mol. The number of aromatic nitrogens is 3. The fourth-order valence-corrected chi connectivity index (χ4v) is 5.32. The van der Waals surface area contributed by atoms with Gasteiger partial charge in [-0.05, 0) is 29.8 Å². The molecule has 0 unspecified atom stereocenters. The standard InChI is InChI=1S/C24H16FN3O2S2/c25-17-10-8-15(9-11-17)13-28-23(30)21-20(18-7-4-12-26-22(18)32-21)27-24(28)31-14-19(29)16-5-2-1-3-6-16/h1-12H,13-14H2. The second-order valence-electron chi connectivity index (χ2n) is 7.13. The molecule has 0 radical (unpaired) electrons. The van der Waals surface area contributed by atoms with Crippen molar-refractivity contribution in [3.8, 4) is 0 Å². The highest BCUT2D eigenvalue weighted by molar-refractivity contribution is 7.99. The third-order valence-electron chi connectivity index (χ3n) is 5.00. The summed E-state index contributed by atoms with van der Waals surface area (Å²) in [6.07, 6.45) is 1.68. The van der Waals surface area contributed by atoms with Gasteiger partial charge < -0.3 is 0 Å². The number of rotatable bonds is 6. The van der Waals surface area contributed by atoms with Gasteiger partial charge in [-0.3, -0.25) is 14.2 Å². The Hall–Kier alpha value is -3.36. The van der Waals surface area contributed by atoms with Crippen LogP contribution in [0.25, 0.3) is 20.4 Å². The van der Waals surface area contributed by atoms with Crippen molar-refractivity contribution in [3.63, 3.8) is 0 Å². The number of fused-ring (bicyclic) bond motifs is 3. The highest BCUT2D eigenvalue weighted by atomic mass is 32.2. The molecule has 158 valence electrons. The Morgan fingerprint density at radius 3 is 2.59 bits per heavy atom. The van der Waals surface area contributed by atoms with Gasteiger partial charge >= 0.3 is 0 Å². The van der Waals surface area contributed by atoms with E-state index in [2.05, 4.69) is 4.98 Å². The molecule has 0 amide bonds. The number of carbonyl (C=O) groups excluding carboxylic acids is 1. The molecule has 0 bridgehead atoms. The Kier molecular flexibility index (Phi) is 5.55. The summed E-state index contributed by atoms with van der Waals surface area (Å²) in [5.41, 5.74) is 1.77. The number of ketones is 1. The van der Waals surface area contributed by atoms with Gasteiger partial charge in [-0.2, -0.15) is 0 Å². The number of halogens is 1. The van der Waals surface area contributed by atoms with E-state index in [9.17, 15) is 14.0 Å². The zero-order chi connectivity index (χ0) is 22.1. The molecule has 3 aromatic heterocycles. The molecule has 8 heteroatoms. The average Bonchev–Trinajstić information content (AvgIpc) is 3.20. The van der Waals surface area contributed by atoms with Crippen molar-refractivity contribution < 1.29 is 9.18 Å². The SMILES string of the molecule is O=C(CSc1nc2c(sc3ncccc32)c(=O)n1Cc1ccc(F)cc1)c1ccccc1. The summed E-state index contributed by atoms with van der Waals surface area (Å²) in [5.74, 6) is -0.241. The molecule has 0 spiro atoms. The third kappa shape index (κ3) is 3.94. The minimum atomic E-state index is -0.340. The van der Waals surface area contributed by atoms with E-state index in [0.29, 0.717) is 20.9 Å². The van der Waals surface area contributed by atoms with Crippen molar-refractivity contribution in [1.82, 2.24) is 14.5 Å². The predicted octanol–water partition coefficient (Wildman–Crippen LogP) is 5.17. The van der Waals surface area contributed by atoms with Gasteiger partial charge in [0.15, 0.2) is 10.9 Å². The maximum Gasteiger partial charge on any atom is 0.272 e. The van der Waals surface area contributed by atoms with Crippen LogP contribution in [0.15, 0.2) is 82.9 Å². The summed E-state index contributed by atoms with van der Waals surface area (Å²) < 4.78 is 15.4. The maximum atomic E-state index is 13.4. The molecule has 0 aliphatic heterocycles. The molecule has 0 aliphatic carbocycles. The molecule has 32 heavy (non-hydrogen) atoms. The van der Waals surface area contributed by atoms with Gasteiger partial charge in [0, 0.05) is 17.1 Å². The number of carbonyl (C=O) groups is 1. The van der Waals surface area contributed by atoms with Crippen LogP contribution in [0.1, 0.15) is 15.9 Å². The lowest BCUT2D eigenvalue weighted by atomic mass is 10.2. The number of hydrogen-bond acceptors (Lipinski definition) is 6. The maximum absolute atomic E-state index is 13.4.